The van der Waals surface area contributed by atoms with Crippen LogP contribution in [0.1, 0.15) is 20.8 Å². The van der Waals surface area contributed by atoms with Crippen LogP contribution in [-0.4, -0.2) is 17.0 Å². The molecule has 0 spiro atoms. The Morgan fingerprint density at radius 1 is 0.960 bits per heavy atom. The van der Waals surface area contributed by atoms with Crippen LogP contribution in [0.15, 0.2) is 84.3 Å². The van der Waals surface area contributed by atoms with Gasteiger partial charge in [-0.05, 0) is 35.2 Å². The van der Waals surface area contributed by atoms with Crippen LogP contribution in [0.4, 0.5) is 0 Å². The van der Waals surface area contributed by atoms with E-state index in [9.17, 15) is 9.90 Å². The van der Waals surface area contributed by atoms with Gasteiger partial charge in [-0.1, -0.05) is 66.4 Å². The van der Waals surface area contributed by atoms with Crippen molar-refractivity contribution in [1.82, 2.24) is 0 Å². The fraction of sp³-hybridized carbons (Fsp3) is 0.0455. The minimum absolute atomic E-state index is 0.313. The Kier molecular flexibility index (Phi) is 5.58. The standard InChI is InChI=1S/C22H16O2S/c23-21(22(24)20-15-8-16-25-20)19(18-12-5-2-6-13-18)14-7-11-17-9-3-1-4-10-17/h1-6,8-10,12-16,21,23H/b19-14+. The third-order valence-electron chi connectivity index (χ3n) is 3.63. The number of hydrogen-bond acceptors (Lipinski definition) is 3. The van der Waals surface area contributed by atoms with Crippen LogP contribution >= 0.6 is 11.3 Å². The van der Waals surface area contributed by atoms with Gasteiger partial charge in [-0.2, -0.15) is 0 Å². The Labute approximate surface area is 151 Å². The second-order valence-corrected chi connectivity index (χ2v) is 6.29. The normalized spacial score (nSPS) is 12.1. The number of aliphatic hydroxyl groups excluding tert-OH is 1. The first-order valence-corrected chi connectivity index (χ1v) is 8.71. The number of benzene rings is 2. The number of thiophene rings is 1. The van der Waals surface area contributed by atoms with Crippen molar-refractivity contribution in [2.24, 2.45) is 0 Å². The third-order valence-corrected chi connectivity index (χ3v) is 4.52. The van der Waals surface area contributed by atoms with E-state index in [-0.39, 0.29) is 5.78 Å². The van der Waals surface area contributed by atoms with Crippen LogP contribution in [0, 0.1) is 11.8 Å². The first kappa shape index (κ1) is 16.9. The largest absolute Gasteiger partial charge is 0.380 e. The van der Waals surface area contributed by atoms with E-state index in [0.717, 1.165) is 11.1 Å². The zero-order valence-electron chi connectivity index (χ0n) is 13.4. The lowest BCUT2D eigenvalue weighted by Gasteiger charge is -2.13. The molecule has 1 aromatic heterocycles. The molecule has 3 aromatic rings. The molecule has 0 aliphatic carbocycles. The molecule has 3 heteroatoms. The van der Waals surface area contributed by atoms with E-state index in [1.807, 2.05) is 66.0 Å². The number of rotatable bonds is 4. The van der Waals surface area contributed by atoms with Gasteiger partial charge >= 0.3 is 0 Å². The minimum atomic E-state index is -1.24. The lowest BCUT2D eigenvalue weighted by molar-refractivity contribution is 0.0837. The van der Waals surface area contributed by atoms with E-state index in [0.29, 0.717) is 10.5 Å². The highest BCUT2D eigenvalue weighted by Gasteiger charge is 2.23. The Morgan fingerprint density at radius 3 is 2.28 bits per heavy atom. The third kappa shape index (κ3) is 4.33. The number of carbonyl (C=O) groups is 1. The molecule has 1 heterocycles. The topological polar surface area (TPSA) is 37.3 Å². The van der Waals surface area contributed by atoms with Crippen molar-refractivity contribution in [2.75, 3.05) is 0 Å². The zero-order chi connectivity index (χ0) is 17.5. The van der Waals surface area contributed by atoms with Gasteiger partial charge in [-0.15, -0.1) is 11.3 Å². The molecule has 0 aliphatic heterocycles. The van der Waals surface area contributed by atoms with Crippen molar-refractivity contribution >= 4 is 22.7 Å². The minimum Gasteiger partial charge on any atom is -0.380 e. The molecule has 2 aromatic carbocycles. The summed E-state index contributed by atoms with van der Waals surface area (Å²) in [4.78, 5) is 13.1. The summed E-state index contributed by atoms with van der Waals surface area (Å²) in [5, 5.41) is 12.4. The van der Waals surface area contributed by atoms with Gasteiger partial charge in [0.2, 0.25) is 5.78 Å². The summed E-state index contributed by atoms with van der Waals surface area (Å²) in [7, 11) is 0. The quantitative estimate of drug-likeness (QED) is 0.562. The molecule has 0 saturated heterocycles. The monoisotopic (exact) mass is 344 g/mol. The smallest absolute Gasteiger partial charge is 0.205 e. The molecule has 25 heavy (non-hydrogen) atoms. The molecule has 0 radical (unpaired) electrons. The van der Waals surface area contributed by atoms with Crippen molar-refractivity contribution in [3.8, 4) is 11.8 Å². The molecule has 1 unspecified atom stereocenters. The second-order valence-electron chi connectivity index (χ2n) is 5.35. The summed E-state index contributed by atoms with van der Waals surface area (Å²) in [6, 6.07) is 22.5. The van der Waals surface area contributed by atoms with Crippen molar-refractivity contribution in [3.63, 3.8) is 0 Å². The fourth-order valence-corrected chi connectivity index (χ4v) is 3.05. The number of aliphatic hydroxyl groups is 1. The highest BCUT2D eigenvalue weighted by atomic mass is 32.1. The Hall–Kier alpha value is -2.93. The molecule has 0 aliphatic rings. The first-order valence-electron chi connectivity index (χ1n) is 7.83. The predicted molar refractivity (Wildman–Crippen MR) is 102 cm³/mol. The number of allylic oxidation sites excluding steroid dienone is 1. The van der Waals surface area contributed by atoms with Crippen LogP contribution in [0.3, 0.4) is 0 Å². The van der Waals surface area contributed by atoms with Crippen molar-refractivity contribution in [1.29, 1.82) is 0 Å². The summed E-state index contributed by atoms with van der Waals surface area (Å²) in [5.74, 6) is 5.67. The molecule has 1 N–H and O–H groups in total. The Bertz CT molecular complexity index is 914. The summed E-state index contributed by atoms with van der Waals surface area (Å²) >= 11 is 1.32. The Balaban J connectivity index is 1.95. The average molecular weight is 344 g/mol. The van der Waals surface area contributed by atoms with Gasteiger partial charge in [0.15, 0.2) is 0 Å². The van der Waals surface area contributed by atoms with E-state index in [1.54, 1.807) is 18.2 Å². The number of ketones is 1. The molecule has 0 bridgehead atoms. The van der Waals surface area contributed by atoms with E-state index >= 15 is 0 Å². The van der Waals surface area contributed by atoms with Crippen molar-refractivity contribution in [2.45, 2.75) is 6.10 Å². The summed E-state index contributed by atoms with van der Waals surface area (Å²) in [6.07, 6.45) is 0.379. The Morgan fingerprint density at radius 2 is 1.64 bits per heavy atom. The van der Waals surface area contributed by atoms with Gasteiger partial charge in [0, 0.05) is 11.1 Å². The van der Waals surface area contributed by atoms with Gasteiger partial charge in [0.25, 0.3) is 0 Å². The molecule has 1 atom stereocenters. The molecule has 0 fully saturated rings. The lowest BCUT2D eigenvalue weighted by atomic mass is 9.96. The van der Waals surface area contributed by atoms with Crippen LogP contribution in [0.25, 0.3) is 5.57 Å². The average Bonchev–Trinajstić information content (AvgIpc) is 3.20. The number of hydrogen-bond donors (Lipinski definition) is 1. The summed E-state index contributed by atoms with van der Waals surface area (Å²) in [6.45, 7) is 0. The first-order chi connectivity index (χ1) is 12.3. The number of Topliss-reactive ketones (excluding diaryl/α,β-unsaturated/α-hetero) is 1. The summed E-state index contributed by atoms with van der Waals surface area (Å²) < 4.78 is 0. The van der Waals surface area contributed by atoms with E-state index in [1.165, 1.54) is 11.3 Å². The van der Waals surface area contributed by atoms with Crippen molar-refractivity contribution < 1.29 is 9.90 Å². The van der Waals surface area contributed by atoms with E-state index < -0.39 is 6.10 Å². The van der Waals surface area contributed by atoms with Gasteiger partial charge in [0.1, 0.15) is 6.10 Å². The van der Waals surface area contributed by atoms with Crippen LogP contribution in [-0.2, 0) is 0 Å². The van der Waals surface area contributed by atoms with Crippen LogP contribution < -0.4 is 0 Å². The van der Waals surface area contributed by atoms with E-state index in [2.05, 4.69) is 11.8 Å². The lowest BCUT2D eigenvalue weighted by Crippen LogP contribution is -2.21. The maximum absolute atomic E-state index is 12.5. The van der Waals surface area contributed by atoms with Crippen molar-refractivity contribution in [3.05, 3.63) is 100 Å². The highest BCUT2D eigenvalue weighted by Crippen LogP contribution is 2.23. The summed E-state index contributed by atoms with van der Waals surface area (Å²) in [5.41, 5.74) is 2.16. The van der Waals surface area contributed by atoms with Crippen LogP contribution in [0.5, 0.6) is 0 Å². The molecule has 122 valence electrons. The second kappa shape index (κ2) is 8.25. The fourth-order valence-electron chi connectivity index (χ4n) is 2.36. The van der Waals surface area contributed by atoms with Gasteiger partial charge in [0.05, 0.1) is 4.88 Å². The molecule has 2 nitrogen and oxygen atoms in total. The highest BCUT2D eigenvalue weighted by molar-refractivity contribution is 7.12. The molecule has 3 rings (SSSR count). The molecular weight excluding hydrogens is 328 g/mol. The predicted octanol–water partition coefficient (Wildman–Crippen LogP) is 4.43. The SMILES string of the molecule is O=C(c1cccs1)C(O)/C(=C/C#Cc1ccccc1)c1ccccc1. The maximum Gasteiger partial charge on any atom is 0.205 e. The molecular formula is C22H16O2S. The maximum atomic E-state index is 12.5. The number of carbonyl (C=O) groups excluding carboxylic acids is 1. The van der Waals surface area contributed by atoms with Crippen LogP contribution in [0.2, 0.25) is 0 Å². The molecule has 0 amide bonds. The zero-order valence-corrected chi connectivity index (χ0v) is 14.2. The van der Waals surface area contributed by atoms with Gasteiger partial charge < -0.3 is 5.11 Å². The molecule has 0 saturated carbocycles. The van der Waals surface area contributed by atoms with Gasteiger partial charge in [-0.25, -0.2) is 0 Å². The van der Waals surface area contributed by atoms with E-state index in [4.69, 9.17) is 0 Å². The van der Waals surface area contributed by atoms with Gasteiger partial charge in [-0.3, -0.25) is 4.79 Å².